The van der Waals surface area contributed by atoms with E-state index in [-0.39, 0.29) is 0 Å². The molecule has 8 rings (SSSR count). The molecule has 0 radical (unpaired) electrons. The third-order valence-electron chi connectivity index (χ3n) is 9.52. The molecule has 0 saturated heterocycles. The molecule has 0 aliphatic rings. The van der Waals surface area contributed by atoms with Crippen LogP contribution in [0.4, 0.5) is 17.1 Å². The van der Waals surface area contributed by atoms with Crippen molar-refractivity contribution in [3.8, 4) is 22.3 Å². The van der Waals surface area contributed by atoms with Crippen LogP contribution in [-0.4, -0.2) is 0 Å². The molecule has 55 heavy (non-hydrogen) atoms. The van der Waals surface area contributed by atoms with E-state index in [1.54, 1.807) is 0 Å². The van der Waals surface area contributed by atoms with E-state index in [4.69, 9.17) is 0 Å². The fourth-order valence-electron chi connectivity index (χ4n) is 6.88. The van der Waals surface area contributed by atoms with Gasteiger partial charge in [-0.2, -0.15) is 0 Å². The molecule has 8 aromatic rings. The summed E-state index contributed by atoms with van der Waals surface area (Å²) in [5, 5.41) is 0. The Kier molecular flexibility index (Phi) is 11.7. The molecule has 0 heterocycles. The average Bonchev–Trinajstić information content (AvgIpc) is 3.26. The molecule has 0 saturated carbocycles. The van der Waals surface area contributed by atoms with Gasteiger partial charge >= 0.3 is 0 Å². The zero-order valence-electron chi connectivity index (χ0n) is 30.5. The quantitative estimate of drug-likeness (QED) is 0.0855. The molecule has 0 atom stereocenters. The predicted octanol–water partition coefficient (Wildman–Crippen LogP) is 15.2. The van der Waals surface area contributed by atoms with Crippen molar-refractivity contribution in [2.75, 3.05) is 4.90 Å². The van der Waals surface area contributed by atoms with Gasteiger partial charge in [0.2, 0.25) is 0 Å². The minimum absolute atomic E-state index is 0.876. The van der Waals surface area contributed by atoms with Crippen LogP contribution in [0, 0.1) is 0 Å². The Bertz CT molecular complexity index is 2330. The summed E-state index contributed by atoms with van der Waals surface area (Å²) in [4.78, 5) is 4.99. The number of rotatable bonds is 13. The third kappa shape index (κ3) is 8.71. The summed E-state index contributed by atoms with van der Waals surface area (Å²) in [6.07, 6.45) is 4.47. The van der Waals surface area contributed by atoms with Gasteiger partial charge in [0, 0.05) is 32.4 Å². The van der Waals surface area contributed by atoms with E-state index in [0.717, 1.165) is 39.7 Å². The minimum atomic E-state index is 0.876. The summed E-state index contributed by atoms with van der Waals surface area (Å²) in [7, 11) is 0. The zero-order chi connectivity index (χ0) is 37.1. The van der Waals surface area contributed by atoms with Crippen molar-refractivity contribution in [1.82, 2.24) is 0 Å². The molecule has 0 spiro atoms. The van der Waals surface area contributed by atoms with Gasteiger partial charge in [0.05, 0.1) is 17.1 Å². The van der Waals surface area contributed by atoms with Crippen LogP contribution in [-0.2, 0) is 11.5 Å². The normalized spacial score (nSPS) is 11.1. The second-order valence-electron chi connectivity index (χ2n) is 13.2. The molecule has 0 aliphatic heterocycles. The van der Waals surface area contributed by atoms with Crippen LogP contribution in [0.25, 0.3) is 34.4 Å². The second kappa shape index (κ2) is 17.9. The van der Waals surface area contributed by atoms with Gasteiger partial charge in [-0.3, -0.25) is 0 Å². The Labute approximate surface area is 334 Å². The molecular formula is C52H41NS2. The lowest BCUT2D eigenvalue weighted by molar-refractivity contribution is 1.24. The van der Waals surface area contributed by atoms with E-state index in [2.05, 4.69) is 229 Å². The van der Waals surface area contributed by atoms with Crippen molar-refractivity contribution >= 4 is 52.7 Å². The SMILES string of the molecule is C(=C\c1ccccc1N(c1cccc(SCc2ccccc2)c1-c1ccccc1)c1cccc(SCc2ccccc2)c1-c1ccccc1)/c1ccccc1. The van der Waals surface area contributed by atoms with Crippen LogP contribution in [0.1, 0.15) is 22.3 Å². The van der Waals surface area contributed by atoms with Crippen molar-refractivity contribution in [3.05, 3.63) is 235 Å². The average molecular weight is 744 g/mol. The molecule has 0 aliphatic carbocycles. The fraction of sp³-hybridized carbons (Fsp3) is 0.0385. The highest BCUT2D eigenvalue weighted by atomic mass is 32.2. The van der Waals surface area contributed by atoms with E-state index in [0.29, 0.717) is 0 Å². The lowest BCUT2D eigenvalue weighted by atomic mass is 9.97. The van der Waals surface area contributed by atoms with Gasteiger partial charge in [0.1, 0.15) is 0 Å². The molecule has 0 aromatic heterocycles. The molecule has 0 N–H and O–H groups in total. The fourth-order valence-corrected chi connectivity index (χ4v) is 9.00. The summed E-state index contributed by atoms with van der Waals surface area (Å²) in [6.45, 7) is 0. The molecule has 0 unspecified atom stereocenters. The standard InChI is InChI=1S/C52H41NS2/c1-6-20-40(21-7-1)36-37-43-26-16-17-31-46(43)53(47-32-18-34-49(51(47)44-27-12-4-13-28-44)54-38-41-22-8-2-9-23-41)48-33-19-35-50(52(48)45-29-14-5-15-30-45)55-39-42-24-10-3-11-25-42/h1-37H,38-39H2/b37-36+. The first-order valence-electron chi connectivity index (χ1n) is 18.6. The molecule has 3 heteroatoms. The maximum absolute atomic E-state index is 2.51. The summed E-state index contributed by atoms with van der Waals surface area (Å²) < 4.78 is 0. The molecule has 0 fully saturated rings. The second-order valence-corrected chi connectivity index (χ2v) is 15.3. The molecule has 266 valence electrons. The van der Waals surface area contributed by atoms with E-state index < -0.39 is 0 Å². The monoisotopic (exact) mass is 743 g/mol. The highest BCUT2D eigenvalue weighted by molar-refractivity contribution is 7.99. The Morgan fingerprint density at radius 1 is 0.345 bits per heavy atom. The lowest BCUT2D eigenvalue weighted by Crippen LogP contribution is -2.14. The Morgan fingerprint density at radius 3 is 1.24 bits per heavy atom. The first kappa shape index (κ1) is 36.0. The van der Waals surface area contributed by atoms with Gasteiger partial charge in [-0.05, 0) is 63.7 Å². The highest BCUT2D eigenvalue weighted by Gasteiger charge is 2.25. The third-order valence-corrected chi connectivity index (χ3v) is 11.8. The molecular weight excluding hydrogens is 703 g/mol. The molecule has 8 aromatic carbocycles. The highest BCUT2D eigenvalue weighted by Crippen LogP contribution is 2.50. The number of para-hydroxylation sites is 1. The zero-order valence-corrected chi connectivity index (χ0v) is 32.2. The van der Waals surface area contributed by atoms with Crippen molar-refractivity contribution in [3.63, 3.8) is 0 Å². The van der Waals surface area contributed by atoms with Crippen LogP contribution >= 0.6 is 23.5 Å². The van der Waals surface area contributed by atoms with E-state index in [9.17, 15) is 0 Å². The maximum atomic E-state index is 2.51. The summed E-state index contributed by atoms with van der Waals surface area (Å²) in [5.74, 6) is 1.75. The van der Waals surface area contributed by atoms with Crippen LogP contribution in [0.5, 0.6) is 0 Å². The number of thioether (sulfide) groups is 2. The van der Waals surface area contributed by atoms with E-state index >= 15 is 0 Å². The Hall–Kier alpha value is -6.00. The first-order chi connectivity index (χ1) is 27.3. The van der Waals surface area contributed by atoms with Gasteiger partial charge in [0.15, 0.2) is 0 Å². The van der Waals surface area contributed by atoms with Crippen molar-refractivity contribution in [1.29, 1.82) is 0 Å². The number of nitrogens with zero attached hydrogens (tertiary/aromatic N) is 1. The summed E-state index contributed by atoms with van der Waals surface area (Å²) in [5.41, 5.74) is 13.1. The Morgan fingerprint density at radius 2 is 0.745 bits per heavy atom. The molecule has 0 bridgehead atoms. The molecule has 1 nitrogen and oxygen atoms in total. The topological polar surface area (TPSA) is 3.24 Å². The number of hydrogen-bond donors (Lipinski definition) is 0. The van der Waals surface area contributed by atoms with E-state index in [1.807, 2.05) is 23.5 Å². The van der Waals surface area contributed by atoms with Crippen LogP contribution in [0.2, 0.25) is 0 Å². The molecule has 0 amide bonds. The van der Waals surface area contributed by atoms with Gasteiger partial charge in [-0.1, -0.05) is 194 Å². The largest absolute Gasteiger partial charge is 0.309 e. The van der Waals surface area contributed by atoms with Gasteiger partial charge < -0.3 is 4.90 Å². The number of anilines is 3. The van der Waals surface area contributed by atoms with Crippen molar-refractivity contribution < 1.29 is 0 Å². The maximum Gasteiger partial charge on any atom is 0.0551 e. The number of benzene rings is 8. The summed E-state index contributed by atoms with van der Waals surface area (Å²) in [6, 6.07) is 76.2. The lowest BCUT2D eigenvalue weighted by Gasteiger charge is -2.32. The van der Waals surface area contributed by atoms with Crippen molar-refractivity contribution in [2.45, 2.75) is 21.3 Å². The van der Waals surface area contributed by atoms with Crippen LogP contribution in [0.15, 0.2) is 222 Å². The predicted molar refractivity (Wildman–Crippen MR) is 239 cm³/mol. The van der Waals surface area contributed by atoms with Gasteiger partial charge in [-0.15, -0.1) is 23.5 Å². The summed E-state index contributed by atoms with van der Waals surface area (Å²) >= 11 is 3.79. The van der Waals surface area contributed by atoms with Crippen LogP contribution < -0.4 is 4.90 Å². The smallest absolute Gasteiger partial charge is 0.0551 e. The van der Waals surface area contributed by atoms with E-state index in [1.165, 1.54) is 43.2 Å². The van der Waals surface area contributed by atoms with Crippen LogP contribution in [0.3, 0.4) is 0 Å². The first-order valence-corrected chi connectivity index (χ1v) is 20.6. The van der Waals surface area contributed by atoms with Gasteiger partial charge in [-0.25, -0.2) is 0 Å². The van der Waals surface area contributed by atoms with Gasteiger partial charge in [0.25, 0.3) is 0 Å². The number of hydrogen-bond acceptors (Lipinski definition) is 3. The Balaban J connectivity index is 1.37. The minimum Gasteiger partial charge on any atom is -0.309 e. The van der Waals surface area contributed by atoms with Crippen molar-refractivity contribution in [2.24, 2.45) is 0 Å².